The molecule has 1 saturated heterocycles. The van der Waals surface area contributed by atoms with Gasteiger partial charge in [-0.2, -0.15) is 11.8 Å². The lowest BCUT2D eigenvalue weighted by molar-refractivity contribution is -0.116. The van der Waals surface area contributed by atoms with Crippen LogP contribution in [0.15, 0.2) is 54.6 Å². The molecule has 2 aromatic carbocycles. The smallest absolute Gasteiger partial charge is 0.323 e. The Morgan fingerprint density at radius 2 is 1.63 bits per heavy atom. The molecule has 6 nitrogen and oxygen atoms in total. The van der Waals surface area contributed by atoms with Gasteiger partial charge in [0.25, 0.3) is 0 Å². The van der Waals surface area contributed by atoms with Crippen molar-refractivity contribution in [3.05, 3.63) is 54.6 Å². The molecule has 1 fully saturated rings. The molecule has 0 aromatic heterocycles. The fourth-order valence-electron chi connectivity index (χ4n) is 2.68. The zero-order valence-corrected chi connectivity index (χ0v) is 16.4. The summed E-state index contributed by atoms with van der Waals surface area (Å²) in [4.78, 5) is 24.3. The molecule has 0 aliphatic carbocycles. The lowest BCUT2D eigenvalue weighted by Gasteiger charge is -2.22. The first kappa shape index (κ1) is 21.1. The molecule has 144 valence electrons. The highest BCUT2D eigenvalue weighted by molar-refractivity contribution is 7.99. The van der Waals surface area contributed by atoms with Crippen molar-refractivity contribution in [2.45, 2.75) is 12.5 Å². The van der Waals surface area contributed by atoms with Gasteiger partial charge in [-0.25, -0.2) is 4.79 Å². The van der Waals surface area contributed by atoms with Crippen LogP contribution in [-0.2, 0) is 4.79 Å². The summed E-state index contributed by atoms with van der Waals surface area (Å²) in [5.41, 5.74) is 1.99. The summed E-state index contributed by atoms with van der Waals surface area (Å²) >= 11 is 1.86. The van der Waals surface area contributed by atoms with Gasteiger partial charge in [0.05, 0.1) is 0 Å². The van der Waals surface area contributed by atoms with E-state index in [2.05, 4.69) is 21.3 Å². The van der Waals surface area contributed by atoms with Gasteiger partial charge >= 0.3 is 6.03 Å². The number of halogens is 1. The van der Waals surface area contributed by atoms with E-state index >= 15 is 0 Å². The minimum atomic E-state index is -0.330. The Morgan fingerprint density at radius 1 is 0.963 bits per heavy atom. The second kappa shape index (κ2) is 10.8. The highest BCUT2D eigenvalue weighted by atomic mass is 35.5. The van der Waals surface area contributed by atoms with Gasteiger partial charge < -0.3 is 21.3 Å². The average Bonchev–Trinajstić information content (AvgIpc) is 2.63. The van der Waals surface area contributed by atoms with Crippen molar-refractivity contribution < 1.29 is 9.59 Å². The molecule has 27 heavy (non-hydrogen) atoms. The first-order valence-corrected chi connectivity index (χ1v) is 9.68. The second-order valence-electron chi connectivity index (χ2n) is 6.00. The number of rotatable bonds is 5. The molecule has 4 N–H and O–H groups in total. The molecule has 3 rings (SSSR count). The lowest BCUT2D eigenvalue weighted by Crippen LogP contribution is -2.39. The van der Waals surface area contributed by atoms with Crippen molar-refractivity contribution in [1.82, 2.24) is 5.32 Å². The first-order chi connectivity index (χ1) is 12.7. The van der Waals surface area contributed by atoms with Gasteiger partial charge in [0.15, 0.2) is 0 Å². The number of para-hydroxylation sites is 1. The summed E-state index contributed by atoms with van der Waals surface area (Å²) < 4.78 is 0. The van der Waals surface area contributed by atoms with Crippen LogP contribution in [0.5, 0.6) is 0 Å². The third-order valence-electron chi connectivity index (χ3n) is 3.87. The zero-order chi connectivity index (χ0) is 18.2. The number of amides is 3. The number of hydrogen-bond acceptors (Lipinski definition) is 4. The zero-order valence-electron chi connectivity index (χ0n) is 14.7. The maximum absolute atomic E-state index is 12.2. The summed E-state index contributed by atoms with van der Waals surface area (Å²) in [6.45, 7) is 0.943. The van der Waals surface area contributed by atoms with Crippen molar-refractivity contribution >= 4 is 53.2 Å². The lowest BCUT2D eigenvalue weighted by atomic mass is 10.2. The van der Waals surface area contributed by atoms with E-state index in [1.54, 1.807) is 24.3 Å². The minimum Gasteiger partial charge on any atom is -0.326 e. The molecule has 8 heteroatoms. The highest BCUT2D eigenvalue weighted by Gasteiger charge is 2.16. The van der Waals surface area contributed by atoms with E-state index in [4.69, 9.17) is 0 Å². The van der Waals surface area contributed by atoms with Crippen molar-refractivity contribution in [3.8, 4) is 0 Å². The first-order valence-electron chi connectivity index (χ1n) is 8.53. The number of thioether (sulfide) groups is 1. The van der Waals surface area contributed by atoms with Gasteiger partial charge in [-0.3, -0.25) is 4.79 Å². The Bertz CT molecular complexity index is 754. The number of benzene rings is 2. The molecular formula is C19H23ClN4O2S. The van der Waals surface area contributed by atoms with Gasteiger partial charge in [0, 0.05) is 47.6 Å². The molecular weight excluding hydrogens is 384 g/mol. The normalized spacial score (nSPS) is 15.9. The van der Waals surface area contributed by atoms with Gasteiger partial charge in [0.2, 0.25) is 5.91 Å². The van der Waals surface area contributed by atoms with E-state index in [-0.39, 0.29) is 30.4 Å². The molecule has 0 radical (unpaired) electrons. The summed E-state index contributed by atoms with van der Waals surface area (Å²) in [7, 11) is 0. The Kier molecular flexibility index (Phi) is 8.44. The number of anilines is 3. The molecule has 3 amide bonds. The van der Waals surface area contributed by atoms with Gasteiger partial charge in [-0.05, 0) is 30.3 Å². The fourth-order valence-corrected chi connectivity index (χ4v) is 3.63. The van der Waals surface area contributed by atoms with Crippen molar-refractivity contribution in [2.75, 3.05) is 34.0 Å². The molecule has 1 aliphatic rings. The minimum absolute atomic E-state index is 0. The maximum atomic E-state index is 12.2. The third kappa shape index (κ3) is 7.13. The van der Waals surface area contributed by atoms with Crippen LogP contribution in [0.4, 0.5) is 21.9 Å². The van der Waals surface area contributed by atoms with E-state index in [1.807, 2.05) is 42.1 Å². The van der Waals surface area contributed by atoms with Gasteiger partial charge in [-0.15, -0.1) is 12.4 Å². The Morgan fingerprint density at radius 3 is 2.33 bits per heavy atom. The fraction of sp³-hybridized carbons (Fsp3) is 0.263. The van der Waals surface area contributed by atoms with Crippen LogP contribution in [0, 0.1) is 0 Å². The number of hydrogen-bond donors (Lipinski definition) is 4. The van der Waals surface area contributed by atoms with Gasteiger partial charge in [-0.1, -0.05) is 24.3 Å². The summed E-state index contributed by atoms with van der Waals surface area (Å²) in [5.74, 6) is 2.02. The van der Waals surface area contributed by atoms with Crippen LogP contribution < -0.4 is 21.3 Å². The quantitative estimate of drug-likeness (QED) is 0.609. The van der Waals surface area contributed by atoms with Crippen molar-refractivity contribution in [1.29, 1.82) is 0 Å². The summed E-state index contributed by atoms with van der Waals surface area (Å²) in [6, 6.07) is 16.2. The summed E-state index contributed by atoms with van der Waals surface area (Å²) in [6.07, 6.45) is 0.444. The van der Waals surface area contributed by atoms with Crippen molar-refractivity contribution in [2.24, 2.45) is 0 Å². The number of nitrogens with one attached hydrogen (secondary N) is 4. The molecule has 1 aliphatic heterocycles. The Labute approximate surface area is 169 Å². The van der Waals surface area contributed by atoms with E-state index in [9.17, 15) is 9.59 Å². The monoisotopic (exact) mass is 406 g/mol. The molecule has 1 atom stereocenters. The predicted octanol–water partition coefficient (Wildman–Crippen LogP) is 3.79. The van der Waals surface area contributed by atoms with Crippen LogP contribution in [0.1, 0.15) is 6.42 Å². The van der Waals surface area contributed by atoms with Crippen LogP contribution in [-0.4, -0.2) is 36.0 Å². The Hall–Kier alpha value is -2.22. The standard InChI is InChI=1S/C19H22N4O2S.ClH/c24-18(12-17-13-26-10-9-20-17)21-15-7-4-8-16(11-15)23-19(25)22-14-5-2-1-3-6-14;/h1-8,11,17,20H,9-10,12-13H2,(H,21,24)(H2,22,23,25);1H. The summed E-state index contributed by atoms with van der Waals surface area (Å²) in [5, 5.41) is 11.8. The van der Waals surface area contributed by atoms with Crippen LogP contribution >= 0.6 is 24.2 Å². The molecule has 0 bridgehead atoms. The van der Waals surface area contributed by atoms with Crippen LogP contribution in [0.3, 0.4) is 0 Å². The number of carbonyl (C=O) groups is 2. The molecule has 0 spiro atoms. The maximum Gasteiger partial charge on any atom is 0.323 e. The predicted molar refractivity (Wildman–Crippen MR) is 115 cm³/mol. The number of carbonyl (C=O) groups excluding carboxylic acids is 2. The topological polar surface area (TPSA) is 82.3 Å². The van der Waals surface area contributed by atoms with Crippen molar-refractivity contribution in [3.63, 3.8) is 0 Å². The number of urea groups is 1. The van der Waals surface area contributed by atoms with E-state index in [1.165, 1.54) is 0 Å². The highest BCUT2D eigenvalue weighted by Crippen LogP contribution is 2.17. The van der Waals surface area contributed by atoms with Crippen LogP contribution in [0.25, 0.3) is 0 Å². The van der Waals surface area contributed by atoms with E-state index < -0.39 is 0 Å². The molecule has 1 heterocycles. The molecule has 2 aromatic rings. The average molecular weight is 407 g/mol. The second-order valence-corrected chi connectivity index (χ2v) is 7.15. The Balaban J connectivity index is 0.00000261. The molecule has 1 unspecified atom stereocenters. The SMILES string of the molecule is Cl.O=C(CC1CSCCN1)Nc1cccc(NC(=O)Nc2ccccc2)c1. The molecule has 0 saturated carbocycles. The van der Waals surface area contributed by atoms with Gasteiger partial charge in [0.1, 0.15) is 0 Å². The third-order valence-corrected chi connectivity index (χ3v) is 5.00. The largest absolute Gasteiger partial charge is 0.326 e. The van der Waals surface area contributed by atoms with E-state index in [0.717, 1.165) is 18.1 Å². The van der Waals surface area contributed by atoms with Crippen LogP contribution in [0.2, 0.25) is 0 Å². The van der Waals surface area contributed by atoms with E-state index in [0.29, 0.717) is 23.5 Å².